The Labute approximate surface area is 162 Å². The zero-order chi connectivity index (χ0) is 19.3. The first-order valence-corrected chi connectivity index (χ1v) is 10.2. The van der Waals surface area contributed by atoms with Gasteiger partial charge in [0, 0.05) is 24.4 Å². The number of β-amino-alcohol motifs (C(OH)–C–C–N with tert-alkyl or cyclic N) is 1. The molecular formula is C19H24N2O5S. The Hall–Kier alpha value is -1.80. The summed E-state index contributed by atoms with van der Waals surface area (Å²) in [7, 11) is 0. The van der Waals surface area contributed by atoms with Crippen molar-refractivity contribution in [3.63, 3.8) is 0 Å². The van der Waals surface area contributed by atoms with Gasteiger partial charge in [0.15, 0.2) is 0 Å². The molecule has 5 atom stereocenters. The number of aliphatic hydroxyl groups is 1. The molecule has 1 spiro atoms. The monoisotopic (exact) mass is 392 g/mol. The molecule has 2 saturated heterocycles. The first-order chi connectivity index (χ1) is 12.9. The molecule has 0 radical (unpaired) electrons. The number of cyclic esters (lactones) is 1. The molecule has 8 heteroatoms. The van der Waals surface area contributed by atoms with Gasteiger partial charge in [0.25, 0.3) is 0 Å². The van der Waals surface area contributed by atoms with Crippen LogP contribution in [-0.4, -0.2) is 81.1 Å². The van der Waals surface area contributed by atoms with Crippen LogP contribution in [0.15, 0.2) is 24.3 Å². The molecular weight excluding hydrogens is 368 g/mol. The number of rotatable bonds is 3. The van der Waals surface area contributed by atoms with Crippen molar-refractivity contribution in [2.24, 2.45) is 11.8 Å². The Morgan fingerprint density at radius 1 is 1.30 bits per heavy atom. The molecule has 2 fully saturated rings. The van der Waals surface area contributed by atoms with E-state index in [1.165, 1.54) is 16.7 Å². The molecule has 0 aromatic heterocycles. The Balaban J connectivity index is 1.85. The number of thioether (sulfide) groups is 1. The molecule has 7 nitrogen and oxygen atoms in total. The second kappa shape index (κ2) is 6.67. The number of nitrogens with zero attached hydrogens (tertiary/aromatic N) is 2. The van der Waals surface area contributed by atoms with E-state index >= 15 is 0 Å². The summed E-state index contributed by atoms with van der Waals surface area (Å²) < 4.78 is 4.47. The largest absolute Gasteiger partial charge is 0.461 e. The van der Waals surface area contributed by atoms with Crippen molar-refractivity contribution in [1.82, 2.24) is 9.80 Å². The third kappa shape index (κ3) is 2.56. The number of fused-ring (bicyclic) bond motifs is 2. The number of carbonyl (C=O) groups excluding carboxylic acids is 3. The Kier molecular flexibility index (Phi) is 4.58. The average Bonchev–Trinajstić information content (AvgIpc) is 2.90. The molecule has 1 N–H and O–H groups in total. The van der Waals surface area contributed by atoms with Gasteiger partial charge in [-0.25, -0.2) is 0 Å². The zero-order valence-corrected chi connectivity index (χ0v) is 16.2. The highest BCUT2D eigenvalue weighted by atomic mass is 32.2. The summed E-state index contributed by atoms with van der Waals surface area (Å²) >= 11 is 1.51. The van der Waals surface area contributed by atoms with Crippen LogP contribution in [0.4, 0.5) is 0 Å². The molecule has 2 amide bonds. The normalized spacial score (nSPS) is 37.9. The van der Waals surface area contributed by atoms with Crippen LogP contribution in [0, 0.1) is 11.8 Å². The van der Waals surface area contributed by atoms with Gasteiger partial charge in [-0.1, -0.05) is 24.3 Å². The maximum Gasteiger partial charge on any atom is 0.311 e. The molecule has 4 heterocycles. The number of carbonyl (C=O) groups is 3. The standard InChI is InChI=1S/C19H24N2O5S/c1-11(2)20-7-4-6-19-14(13-12(27-19)5-3-10-26-18(13)25)16(23)21(8-9-22)15(19)17(20)24/h3-6,11-15,22H,7-10H2,1-2H3/t12-,13+,14+,15?,19+/m1/s1. The summed E-state index contributed by atoms with van der Waals surface area (Å²) in [6, 6.07) is -0.731. The minimum absolute atomic E-state index is 0.0100. The van der Waals surface area contributed by atoms with E-state index in [0.717, 1.165) is 0 Å². The van der Waals surface area contributed by atoms with E-state index in [0.29, 0.717) is 6.54 Å². The lowest BCUT2D eigenvalue weighted by Gasteiger charge is -2.36. The molecule has 4 aliphatic rings. The molecule has 1 unspecified atom stereocenters. The van der Waals surface area contributed by atoms with Gasteiger partial charge >= 0.3 is 5.97 Å². The highest BCUT2D eigenvalue weighted by Crippen LogP contribution is 2.60. The van der Waals surface area contributed by atoms with Gasteiger partial charge in [0.05, 0.1) is 23.2 Å². The van der Waals surface area contributed by atoms with E-state index in [1.54, 1.807) is 11.0 Å². The maximum absolute atomic E-state index is 13.5. The van der Waals surface area contributed by atoms with Gasteiger partial charge < -0.3 is 19.6 Å². The molecule has 4 rings (SSSR count). The number of ether oxygens (including phenoxy) is 1. The SMILES string of the molecule is CC(C)N1CC=C[C@]23S[C@@H]4C=CCOC(=O)[C@@H]4[C@H]2C(=O)N(CCO)C3C1=O. The van der Waals surface area contributed by atoms with Crippen LogP contribution in [0.5, 0.6) is 0 Å². The number of likely N-dealkylation sites (tertiary alicyclic amines) is 1. The number of hydrogen-bond donors (Lipinski definition) is 1. The van der Waals surface area contributed by atoms with Crippen molar-refractivity contribution < 1.29 is 24.2 Å². The zero-order valence-electron chi connectivity index (χ0n) is 15.4. The summed E-state index contributed by atoms with van der Waals surface area (Å²) in [5.41, 5.74) is 0. The van der Waals surface area contributed by atoms with Crippen molar-refractivity contribution in [3.05, 3.63) is 24.3 Å². The predicted octanol–water partition coefficient (Wildman–Crippen LogP) is 0.196. The Morgan fingerprint density at radius 2 is 2.07 bits per heavy atom. The fourth-order valence-corrected chi connectivity index (χ4v) is 6.80. The van der Waals surface area contributed by atoms with Crippen molar-refractivity contribution in [1.29, 1.82) is 0 Å². The Morgan fingerprint density at radius 3 is 2.78 bits per heavy atom. The van der Waals surface area contributed by atoms with Crippen LogP contribution in [0.25, 0.3) is 0 Å². The average molecular weight is 392 g/mol. The number of hydrogen-bond acceptors (Lipinski definition) is 6. The summed E-state index contributed by atoms with van der Waals surface area (Å²) in [6.07, 6.45) is 7.63. The first kappa shape index (κ1) is 18.6. The van der Waals surface area contributed by atoms with Crippen LogP contribution < -0.4 is 0 Å². The van der Waals surface area contributed by atoms with Gasteiger partial charge in [-0.3, -0.25) is 14.4 Å². The van der Waals surface area contributed by atoms with Crippen molar-refractivity contribution in [2.75, 3.05) is 26.3 Å². The highest BCUT2D eigenvalue weighted by Gasteiger charge is 2.71. The lowest BCUT2D eigenvalue weighted by molar-refractivity contribution is -0.151. The minimum atomic E-state index is -0.816. The number of amides is 2. The lowest BCUT2D eigenvalue weighted by atomic mass is 9.78. The molecule has 0 saturated carbocycles. The number of esters is 1. The van der Waals surface area contributed by atoms with Crippen LogP contribution in [0.3, 0.4) is 0 Å². The van der Waals surface area contributed by atoms with Crippen molar-refractivity contribution in [3.8, 4) is 0 Å². The van der Waals surface area contributed by atoms with E-state index in [1.807, 2.05) is 32.1 Å². The van der Waals surface area contributed by atoms with Gasteiger partial charge in [-0.05, 0) is 13.8 Å². The van der Waals surface area contributed by atoms with Gasteiger partial charge in [-0.2, -0.15) is 0 Å². The van der Waals surface area contributed by atoms with Crippen LogP contribution >= 0.6 is 11.8 Å². The third-order valence-corrected chi connectivity index (χ3v) is 7.65. The summed E-state index contributed by atoms with van der Waals surface area (Å²) in [4.78, 5) is 42.7. The molecule has 0 bridgehead atoms. The van der Waals surface area contributed by atoms with Crippen molar-refractivity contribution >= 4 is 29.5 Å². The fraction of sp³-hybridized carbons (Fsp3) is 0.632. The molecule has 0 aromatic rings. The minimum Gasteiger partial charge on any atom is -0.461 e. The van der Waals surface area contributed by atoms with E-state index in [2.05, 4.69) is 0 Å². The predicted molar refractivity (Wildman–Crippen MR) is 99.8 cm³/mol. The molecule has 0 aliphatic carbocycles. The second-order valence-electron chi connectivity index (χ2n) is 7.64. The molecule has 27 heavy (non-hydrogen) atoms. The fourth-order valence-electron chi connectivity index (χ4n) is 4.80. The summed E-state index contributed by atoms with van der Waals surface area (Å²) in [5.74, 6) is -2.03. The maximum atomic E-state index is 13.5. The van der Waals surface area contributed by atoms with E-state index in [9.17, 15) is 19.5 Å². The highest BCUT2D eigenvalue weighted by molar-refractivity contribution is 8.02. The van der Waals surface area contributed by atoms with Gasteiger partial charge in [0.2, 0.25) is 11.8 Å². The molecule has 4 aliphatic heterocycles. The second-order valence-corrected chi connectivity index (χ2v) is 9.13. The smallest absolute Gasteiger partial charge is 0.311 e. The van der Waals surface area contributed by atoms with Gasteiger partial charge in [0.1, 0.15) is 12.6 Å². The third-order valence-electron chi connectivity index (χ3n) is 5.91. The van der Waals surface area contributed by atoms with E-state index < -0.39 is 22.6 Å². The summed E-state index contributed by atoms with van der Waals surface area (Å²) in [5, 5.41) is 9.31. The quantitative estimate of drug-likeness (QED) is 0.545. The van der Waals surface area contributed by atoms with Crippen LogP contribution in [-0.2, 0) is 19.1 Å². The number of aliphatic hydroxyl groups excluding tert-OH is 1. The van der Waals surface area contributed by atoms with Gasteiger partial charge in [-0.15, -0.1) is 11.8 Å². The first-order valence-electron chi connectivity index (χ1n) is 9.33. The van der Waals surface area contributed by atoms with Crippen LogP contribution in [0.2, 0.25) is 0 Å². The molecule has 146 valence electrons. The summed E-state index contributed by atoms with van der Waals surface area (Å²) in [6.45, 7) is 4.42. The lowest BCUT2D eigenvalue weighted by Crippen LogP contribution is -2.54. The van der Waals surface area contributed by atoms with Crippen molar-refractivity contribution in [2.45, 2.75) is 35.9 Å². The van der Waals surface area contributed by atoms with E-state index in [-0.39, 0.29) is 48.8 Å². The Bertz CT molecular complexity index is 736. The molecule has 0 aromatic carbocycles. The van der Waals surface area contributed by atoms with Crippen LogP contribution in [0.1, 0.15) is 13.8 Å². The van der Waals surface area contributed by atoms with E-state index in [4.69, 9.17) is 4.74 Å². The topological polar surface area (TPSA) is 87.2 Å².